The van der Waals surface area contributed by atoms with E-state index in [1.165, 1.54) is 7.11 Å². The first-order chi connectivity index (χ1) is 8.45. The highest BCUT2D eigenvalue weighted by Crippen LogP contribution is 2.25. The number of hydrogen-bond donors (Lipinski definition) is 2. The number of nitrogens with zero attached hydrogens (tertiary/aromatic N) is 1. The lowest BCUT2D eigenvalue weighted by Crippen LogP contribution is -2.30. The fourth-order valence-electron chi connectivity index (χ4n) is 1.85. The van der Waals surface area contributed by atoms with E-state index in [4.69, 9.17) is 10.5 Å². The Kier molecular flexibility index (Phi) is 4.97. The van der Waals surface area contributed by atoms with E-state index in [0.717, 1.165) is 6.54 Å². The lowest BCUT2D eigenvalue weighted by atomic mass is 10.1. The predicted molar refractivity (Wildman–Crippen MR) is 73.8 cm³/mol. The lowest BCUT2D eigenvalue weighted by molar-refractivity contribution is 0.0602. The number of benzene rings is 1. The molecule has 0 radical (unpaired) electrons. The first-order valence-corrected chi connectivity index (χ1v) is 5.83. The van der Waals surface area contributed by atoms with Crippen LogP contribution in [0.25, 0.3) is 0 Å². The number of para-hydroxylation sites is 1. The summed E-state index contributed by atoms with van der Waals surface area (Å²) in [6, 6.07) is 5.38. The molecule has 1 unspecified atom stereocenters. The first kappa shape index (κ1) is 14.3. The van der Waals surface area contributed by atoms with Crippen molar-refractivity contribution in [2.24, 2.45) is 0 Å². The van der Waals surface area contributed by atoms with Gasteiger partial charge < -0.3 is 20.7 Å². The number of hydrogen-bond acceptors (Lipinski definition) is 5. The van der Waals surface area contributed by atoms with Crippen LogP contribution in [0.1, 0.15) is 17.3 Å². The summed E-state index contributed by atoms with van der Waals surface area (Å²) in [6.45, 7) is 2.88. The SMILES string of the molecule is COC(=O)c1cccc(N)c1NC(C)CN(C)C. The number of likely N-dealkylation sites (N-methyl/N-ethyl adjacent to an activating group) is 1. The highest BCUT2D eigenvalue weighted by Gasteiger charge is 2.15. The van der Waals surface area contributed by atoms with Gasteiger partial charge in [0.25, 0.3) is 0 Å². The summed E-state index contributed by atoms with van der Waals surface area (Å²) < 4.78 is 4.75. The molecule has 0 saturated heterocycles. The second-order valence-corrected chi connectivity index (χ2v) is 4.57. The molecule has 1 rings (SSSR count). The minimum atomic E-state index is -0.387. The van der Waals surface area contributed by atoms with Crippen LogP contribution in [0.15, 0.2) is 18.2 Å². The van der Waals surface area contributed by atoms with Crippen molar-refractivity contribution in [3.05, 3.63) is 23.8 Å². The molecule has 0 aromatic heterocycles. The number of methoxy groups -OCH3 is 1. The van der Waals surface area contributed by atoms with Crippen LogP contribution in [0, 0.1) is 0 Å². The largest absolute Gasteiger partial charge is 0.465 e. The summed E-state index contributed by atoms with van der Waals surface area (Å²) in [5.41, 5.74) is 7.55. The van der Waals surface area contributed by atoms with Crippen molar-refractivity contribution in [3.63, 3.8) is 0 Å². The molecule has 5 nitrogen and oxygen atoms in total. The van der Waals surface area contributed by atoms with Crippen molar-refractivity contribution >= 4 is 17.3 Å². The van der Waals surface area contributed by atoms with Crippen molar-refractivity contribution in [3.8, 4) is 0 Å². The number of carbonyl (C=O) groups excluding carboxylic acids is 1. The molecular formula is C13H21N3O2. The Labute approximate surface area is 108 Å². The maximum atomic E-state index is 11.7. The zero-order chi connectivity index (χ0) is 13.7. The van der Waals surface area contributed by atoms with Gasteiger partial charge in [-0.05, 0) is 33.2 Å². The van der Waals surface area contributed by atoms with Crippen LogP contribution in [0.5, 0.6) is 0 Å². The van der Waals surface area contributed by atoms with Gasteiger partial charge in [-0.25, -0.2) is 4.79 Å². The molecule has 0 aliphatic rings. The van der Waals surface area contributed by atoms with Crippen molar-refractivity contribution in [1.82, 2.24) is 4.90 Å². The monoisotopic (exact) mass is 251 g/mol. The average Bonchev–Trinajstić information content (AvgIpc) is 2.29. The zero-order valence-corrected chi connectivity index (χ0v) is 11.4. The Morgan fingerprint density at radius 3 is 2.72 bits per heavy atom. The van der Waals surface area contributed by atoms with Gasteiger partial charge in [0.05, 0.1) is 24.0 Å². The predicted octanol–water partition coefficient (Wildman–Crippen LogP) is 1.42. The van der Waals surface area contributed by atoms with Crippen LogP contribution in [-0.2, 0) is 4.74 Å². The van der Waals surface area contributed by atoms with Crippen LogP contribution in [0.2, 0.25) is 0 Å². The molecule has 0 spiro atoms. The molecule has 1 atom stereocenters. The van der Waals surface area contributed by atoms with Gasteiger partial charge in [0, 0.05) is 12.6 Å². The Balaban J connectivity index is 2.96. The molecule has 0 saturated carbocycles. The third-order valence-corrected chi connectivity index (χ3v) is 2.53. The molecule has 1 aromatic rings. The van der Waals surface area contributed by atoms with Crippen molar-refractivity contribution < 1.29 is 9.53 Å². The fourth-order valence-corrected chi connectivity index (χ4v) is 1.85. The number of ether oxygens (including phenoxy) is 1. The standard InChI is InChI=1S/C13H21N3O2/c1-9(8-16(2)3)15-12-10(13(17)18-4)6-5-7-11(12)14/h5-7,9,15H,8,14H2,1-4H3. The molecule has 18 heavy (non-hydrogen) atoms. The second-order valence-electron chi connectivity index (χ2n) is 4.57. The van der Waals surface area contributed by atoms with Crippen molar-refractivity contribution in [2.75, 3.05) is 38.8 Å². The Bertz CT molecular complexity index is 419. The zero-order valence-electron chi connectivity index (χ0n) is 11.4. The van der Waals surface area contributed by atoms with E-state index in [2.05, 4.69) is 10.2 Å². The minimum absolute atomic E-state index is 0.174. The number of rotatable bonds is 5. The van der Waals surface area contributed by atoms with E-state index in [1.807, 2.05) is 21.0 Å². The molecule has 0 amide bonds. The van der Waals surface area contributed by atoms with Crippen LogP contribution < -0.4 is 11.1 Å². The van der Waals surface area contributed by atoms with Crippen LogP contribution in [-0.4, -0.2) is 44.7 Å². The fraction of sp³-hybridized carbons (Fsp3) is 0.462. The molecule has 0 bridgehead atoms. The highest BCUT2D eigenvalue weighted by atomic mass is 16.5. The lowest BCUT2D eigenvalue weighted by Gasteiger charge is -2.21. The van der Waals surface area contributed by atoms with E-state index in [1.54, 1.807) is 18.2 Å². The number of anilines is 2. The second kappa shape index (κ2) is 6.26. The van der Waals surface area contributed by atoms with Crippen molar-refractivity contribution in [1.29, 1.82) is 0 Å². The number of carbonyl (C=O) groups is 1. The summed E-state index contributed by atoms with van der Waals surface area (Å²) >= 11 is 0. The molecule has 1 aromatic carbocycles. The van der Waals surface area contributed by atoms with Crippen LogP contribution in [0.3, 0.4) is 0 Å². The van der Waals surface area contributed by atoms with Crippen molar-refractivity contribution in [2.45, 2.75) is 13.0 Å². The van der Waals surface area contributed by atoms with E-state index in [9.17, 15) is 4.79 Å². The van der Waals surface area contributed by atoms with Gasteiger partial charge in [0.1, 0.15) is 0 Å². The highest BCUT2D eigenvalue weighted by molar-refractivity contribution is 5.98. The van der Waals surface area contributed by atoms with Crippen LogP contribution in [0.4, 0.5) is 11.4 Å². The molecule has 0 aliphatic carbocycles. The molecular weight excluding hydrogens is 230 g/mol. The molecule has 0 aliphatic heterocycles. The van der Waals surface area contributed by atoms with E-state index in [0.29, 0.717) is 16.9 Å². The van der Waals surface area contributed by atoms with E-state index >= 15 is 0 Å². The van der Waals surface area contributed by atoms with E-state index in [-0.39, 0.29) is 12.0 Å². The van der Waals surface area contributed by atoms with E-state index < -0.39 is 0 Å². The maximum absolute atomic E-state index is 11.7. The molecule has 3 N–H and O–H groups in total. The van der Waals surface area contributed by atoms with Gasteiger partial charge in [-0.1, -0.05) is 6.07 Å². The molecule has 0 fully saturated rings. The molecule has 0 heterocycles. The Morgan fingerprint density at radius 1 is 1.50 bits per heavy atom. The topological polar surface area (TPSA) is 67.6 Å². The Hall–Kier alpha value is -1.75. The first-order valence-electron chi connectivity index (χ1n) is 5.83. The summed E-state index contributed by atoms with van der Waals surface area (Å²) in [5.74, 6) is -0.387. The van der Waals surface area contributed by atoms with Gasteiger partial charge in [0.15, 0.2) is 0 Å². The average molecular weight is 251 g/mol. The number of nitrogens with two attached hydrogens (primary N) is 1. The molecule has 5 heteroatoms. The maximum Gasteiger partial charge on any atom is 0.340 e. The smallest absolute Gasteiger partial charge is 0.340 e. The molecule has 100 valence electrons. The van der Waals surface area contributed by atoms with Gasteiger partial charge in [-0.15, -0.1) is 0 Å². The normalized spacial score (nSPS) is 12.3. The van der Waals surface area contributed by atoms with Gasteiger partial charge in [0.2, 0.25) is 0 Å². The summed E-state index contributed by atoms with van der Waals surface area (Å²) in [4.78, 5) is 13.7. The number of esters is 1. The Morgan fingerprint density at radius 2 is 2.17 bits per heavy atom. The van der Waals surface area contributed by atoms with Crippen LogP contribution >= 0.6 is 0 Å². The van der Waals surface area contributed by atoms with Gasteiger partial charge in [-0.3, -0.25) is 0 Å². The summed E-state index contributed by atoms with van der Waals surface area (Å²) in [7, 11) is 5.35. The minimum Gasteiger partial charge on any atom is -0.465 e. The number of nitrogen functional groups attached to an aromatic ring is 1. The third-order valence-electron chi connectivity index (χ3n) is 2.53. The summed E-state index contributed by atoms with van der Waals surface area (Å²) in [6.07, 6.45) is 0. The summed E-state index contributed by atoms with van der Waals surface area (Å²) in [5, 5.41) is 3.26. The van der Waals surface area contributed by atoms with Gasteiger partial charge in [-0.2, -0.15) is 0 Å². The third kappa shape index (κ3) is 3.63. The van der Waals surface area contributed by atoms with Gasteiger partial charge >= 0.3 is 5.97 Å². The quantitative estimate of drug-likeness (QED) is 0.612. The number of nitrogens with one attached hydrogen (secondary N) is 1.